The summed E-state index contributed by atoms with van der Waals surface area (Å²) in [6.45, 7) is 0. The van der Waals surface area contributed by atoms with Gasteiger partial charge in [0.05, 0.1) is 0 Å². The van der Waals surface area contributed by atoms with E-state index in [4.69, 9.17) is 0 Å². The van der Waals surface area contributed by atoms with Crippen molar-refractivity contribution >= 4 is 21.6 Å². The van der Waals surface area contributed by atoms with Gasteiger partial charge in [0.1, 0.15) is 5.82 Å². The van der Waals surface area contributed by atoms with Gasteiger partial charge in [-0.25, -0.2) is 4.39 Å². The van der Waals surface area contributed by atoms with Crippen molar-refractivity contribution in [3.8, 4) is 0 Å². The minimum absolute atomic E-state index is 0.130. The summed E-state index contributed by atoms with van der Waals surface area (Å²) in [5, 5.41) is 3.51. The van der Waals surface area contributed by atoms with Gasteiger partial charge in [-0.15, -0.1) is 0 Å². The molecule has 0 radical (unpaired) electrons. The van der Waals surface area contributed by atoms with Crippen LogP contribution in [-0.4, -0.2) is 6.04 Å². The molecule has 0 saturated carbocycles. The maximum atomic E-state index is 13.8. The van der Waals surface area contributed by atoms with E-state index < -0.39 is 0 Å². The Balaban J connectivity index is 1.75. The summed E-state index contributed by atoms with van der Waals surface area (Å²) < 4.78 is 14.6. The number of para-hydroxylation sites is 1. The van der Waals surface area contributed by atoms with Crippen molar-refractivity contribution in [3.63, 3.8) is 0 Å². The van der Waals surface area contributed by atoms with E-state index in [1.165, 1.54) is 17.3 Å². The van der Waals surface area contributed by atoms with Crippen LogP contribution < -0.4 is 5.32 Å². The standard InChI is InChI=1S/C16H15BrFN/c17-13-7-5-12(15(18)10-13)9-14-8-6-11-3-1-2-4-16(11)19-14/h1-5,7,10,14,19H,6,8-9H2. The van der Waals surface area contributed by atoms with Crippen molar-refractivity contribution in [2.24, 2.45) is 0 Å². The van der Waals surface area contributed by atoms with Crippen molar-refractivity contribution in [2.45, 2.75) is 25.3 Å². The second-order valence-electron chi connectivity index (χ2n) is 4.98. The molecule has 0 fully saturated rings. The fraction of sp³-hybridized carbons (Fsp3) is 0.250. The molecule has 98 valence electrons. The molecular formula is C16H15BrFN. The van der Waals surface area contributed by atoms with Crippen molar-refractivity contribution in [1.29, 1.82) is 0 Å². The Morgan fingerprint density at radius 3 is 2.89 bits per heavy atom. The summed E-state index contributed by atoms with van der Waals surface area (Å²) >= 11 is 3.29. The Kier molecular flexibility index (Phi) is 3.56. The SMILES string of the molecule is Fc1cc(Br)ccc1CC1CCc2ccccc2N1. The molecule has 0 amide bonds. The number of rotatable bonds is 2. The Labute approximate surface area is 121 Å². The van der Waals surface area contributed by atoms with Gasteiger partial charge in [-0.3, -0.25) is 0 Å². The molecule has 1 nitrogen and oxygen atoms in total. The van der Waals surface area contributed by atoms with Crippen molar-refractivity contribution < 1.29 is 4.39 Å². The molecule has 19 heavy (non-hydrogen) atoms. The highest BCUT2D eigenvalue weighted by Gasteiger charge is 2.18. The third-order valence-electron chi connectivity index (χ3n) is 3.62. The smallest absolute Gasteiger partial charge is 0.127 e. The fourth-order valence-electron chi connectivity index (χ4n) is 2.61. The van der Waals surface area contributed by atoms with E-state index in [1.54, 1.807) is 0 Å². The van der Waals surface area contributed by atoms with E-state index >= 15 is 0 Å². The normalized spacial score (nSPS) is 17.7. The number of fused-ring (bicyclic) bond motifs is 1. The largest absolute Gasteiger partial charge is 0.382 e. The molecular weight excluding hydrogens is 305 g/mol. The van der Waals surface area contributed by atoms with Crippen LogP contribution >= 0.6 is 15.9 Å². The minimum Gasteiger partial charge on any atom is -0.382 e. The van der Waals surface area contributed by atoms with Gasteiger partial charge < -0.3 is 5.32 Å². The lowest BCUT2D eigenvalue weighted by Gasteiger charge is -2.27. The van der Waals surface area contributed by atoms with Crippen LogP contribution in [-0.2, 0) is 12.8 Å². The number of halogens is 2. The molecule has 0 aliphatic carbocycles. The highest BCUT2D eigenvalue weighted by molar-refractivity contribution is 9.10. The van der Waals surface area contributed by atoms with Crippen LogP contribution in [0.4, 0.5) is 10.1 Å². The van der Waals surface area contributed by atoms with Gasteiger partial charge in [-0.05, 0) is 48.6 Å². The van der Waals surface area contributed by atoms with Gasteiger partial charge in [0.2, 0.25) is 0 Å². The van der Waals surface area contributed by atoms with Gasteiger partial charge in [-0.2, -0.15) is 0 Å². The van der Waals surface area contributed by atoms with Crippen LogP contribution in [0.15, 0.2) is 46.9 Å². The van der Waals surface area contributed by atoms with Gasteiger partial charge in [-0.1, -0.05) is 40.2 Å². The summed E-state index contributed by atoms with van der Waals surface area (Å²) in [5.41, 5.74) is 3.33. The molecule has 1 unspecified atom stereocenters. The molecule has 1 aliphatic rings. The predicted octanol–water partition coefficient (Wildman–Crippen LogP) is 4.56. The Hall–Kier alpha value is -1.35. The Morgan fingerprint density at radius 1 is 1.21 bits per heavy atom. The first-order valence-electron chi connectivity index (χ1n) is 6.51. The molecule has 1 atom stereocenters. The number of benzene rings is 2. The van der Waals surface area contributed by atoms with E-state index in [1.807, 2.05) is 18.2 Å². The summed E-state index contributed by atoms with van der Waals surface area (Å²) in [5.74, 6) is -0.130. The number of hydrogen-bond acceptors (Lipinski definition) is 1. The second-order valence-corrected chi connectivity index (χ2v) is 5.89. The highest BCUT2D eigenvalue weighted by atomic mass is 79.9. The maximum Gasteiger partial charge on any atom is 0.127 e. The molecule has 0 saturated heterocycles. The van der Waals surface area contributed by atoms with Crippen molar-refractivity contribution in [2.75, 3.05) is 5.32 Å². The molecule has 0 spiro atoms. The van der Waals surface area contributed by atoms with Crippen LogP contribution in [0.25, 0.3) is 0 Å². The number of nitrogens with one attached hydrogen (secondary N) is 1. The van der Waals surface area contributed by atoms with Crippen LogP contribution in [0.2, 0.25) is 0 Å². The monoisotopic (exact) mass is 319 g/mol. The van der Waals surface area contributed by atoms with Crippen molar-refractivity contribution in [1.82, 2.24) is 0 Å². The molecule has 1 aliphatic heterocycles. The molecule has 3 heteroatoms. The molecule has 1 N–H and O–H groups in total. The molecule has 0 bridgehead atoms. The lowest BCUT2D eigenvalue weighted by molar-refractivity contribution is 0.575. The van der Waals surface area contributed by atoms with E-state index in [9.17, 15) is 4.39 Å². The predicted molar refractivity (Wildman–Crippen MR) is 80.0 cm³/mol. The maximum absolute atomic E-state index is 13.8. The first kappa shape index (κ1) is 12.7. The summed E-state index contributed by atoms with van der Waals surface area (Å²) in [4.78, 5) is 0. The fourth-order valence-corrected chi connectivity index (χ4v) is 2.94. The zero-order valence-corrected chi connectivity index (χ0v) is 12.1. The molecule has 0 aromatic heterocycles. The first-order chi connectivity index (χ1) is 9.22. The van der Waals surface area contributed by atoms with Gasteiger partial charge in [0, 0.05) is 16.2 Å². The quantitative estimate of drug-likeness (QED) is 0.855. The van der Waals surface area contributed by atoms with Gasteiger partial charge in [0.15, 0.2) is 0 Å². The zero-order chi connectivity index (χ0) is 13.2. The third-order valence-corrected chi connectivity index (χ3v) is 4.11. The number of anilines is 1. The Morgan fingerprint density at radius 2 is 2.05 bits per heavy atom. The lowest BCUT2D eigenvalue weighted by atomic mass is 9.94. The number of aryl methyl sites for hydroxylation is 1. The average Bonchev–Trinajstić information content (AvgIpc) is 2.42. The van der Waals surface area contributed by atoms with E-state index in [0.717, 1.165) is 29.3 Å². The zero-order valence-electron chi connectivity index (χ0n) is 10.5. The third kappa shape index (κ3) is 2.81. The van der Waals surface area contributed by atoms with E-state index in [0.29, 0.717) is 6.04 Å². The van der Waals surface area contributed by atoms with Crippen LogP contribution in [0.3, 0.4) is 0 Å². The number of hydrogen-bond donors (Lipinski definition) is 1. The van der Waals surface area contributed by atoms with Crippen LogP contribution in [0.5, 0.6) is 0 Å². The lowest BCUT2D eigenvalue weighted by Crippen LogP contribution is -2.27. The Bertz CT molecular complexity index is 597. The minimum atomic E-state index is -0.130. The summed E-state index contributed by atoms with van der Waals surface area (Å²) in [7, 11) is 0. The van der Waals surface area contributed by atoms with Gasteiger partial charge >= 0.3 is 0 Å². The van der Waals surface area contributed by atoms with Crippen LogP contribution in [0, 0.1) is 5.82 Å². The molecule has 1 heterocycles. The van der Waals surface area contributed by atoms with Gasteiger partial charge in [0.25, 0.3) is 0 Å². The molecule has 2 aromatic carbocycles. The van der Waals surface area contributed by atoms with E-state index in [2.05, 4.69) is 39.4 Å². The second kappa shape index (κ2) is 5.33. The van der Waals surface area contributed by atoms with Crippen LogP contribution in [0.1, 0.15) is 17.5 Å². The average molecular weight is 320 g/mol. The topological polar surface area (TPSA) is 12.0 Å². The van der Waals surface area contributed by atoms with E-state index in [-0.39, 0.29) is 5.82 Å². The molecule has 2 aromatic rings. The first-order valence-corrected chi connectivity index (χ1v) is 7.30. The summed E-state index contributed by atoms with van der Waals surface area (Å²) in [6, 6.07) is 14.0. The molecule has 3 rings (SSSR count). The summed E-state index contributed by atoms with van der Waals surface area (Å²) in [6.07, 6.45) is 2.84. The highest BCUT2D eigenvalue weighted by Crippen LogP contribution is 2.26. The van der Waals surface area contributed by atoms with Crippen molar-refractivity contribution in [3.05, 3.63) is 63.9 Å².